The highest BCUT2D eigenvalue weighted by atomic mass is 35.5. The van der Waals surface area contributed by atoms with Gasteiger partial charge < -0.3 is 19.9 Å². The Bertz CT molecular complexity index is 1140. The van der Waals surface area contributed by atoms with Gasteiger partial charge in [0.1, 0.15) is 5.75 Å². The van der Waals surface area contributed by atoms with Crippen LogP contribution in [0.3, 0.4) is 0 Å². The summed E-state index contributed by atoms with van der Waals surface area (Å²) < 4.78 is 6.99. The van der Waals surface area contributed by atoms with E-state index in [-0.39, 0.29) is 23.6 Å². The molecule has 0 saturated heterocycles. The van der Waals surface area contributed by atoms with Gasteiger partial charge in [-0.2, -0.15) is 0 Å². The summed E-state index contributed by atoms with van der Waals surface area (Å²) >= 11 is 13.2. The van der Waals surface area contributed by atoms with Crippen LogP contribution >= 0.6 is 35.0 Å². The highest BCUT2D eigenvalue weighted by Crippen LogP contribution is 2.26. The molecule has 0 fully saturated rings. The molecule has 3 rings (SSSR count). The number of nitrogens with zero attached hydrogens (tertiary/aromatic N) is 3. The molecule has 2 N–H and O–H groups in total. The Balaban J connectivity index is 1.62. The molecule has 11 heteroatoms. The molecular formula is C22H23Cl2N5O3S. The van der Waals surface area contributed by atoms with E-state index in [1.165, 1.54) is 11.8 Å². The van der Waals surface area contributed by atoms with Crippen molar-refractivity contribution in [3.63, 3.8) is 0 Å². The molecule has 3 aromatic rings. The van der Waals surface area contributed by atoms with Crippen LogP contribution in [0.2, 0.25) is 10.0 Å². The van der Waals surface area contributed by atoms with Gasteiger partial charge >= 0.3 is 0 Å². The predicted molar refractivity (Wildman–Crippen MR) is 130 cm³/mol. The third-order valence-corrected chi connectivity index (χ3v) is 6.20. The van der Waals surface area contributed by atoms with E-state index < -0.39 is 0 Å². The predicted octanol–water partition coefficient (Wildman–Crippen LogP) is 4.84. The minimum absolute atomic E-state index is 0.115. The fourth-order valence-electron chi connectivity index (χ4n) is 3.02. The number of benzene rings is 2. The standard InChI is InChI=1S/C22H23Cl2N5O3S/c1-4-29-20(13(2)25-21(31)14-5-8-16(32-3)9-6-14)27-28-22(29)33-12-19(30)26-18-10-7-15(23)11-17(18)24/h5-11,13H,4,12H2,1-3H3,(H,25,31)(H,26,30). The molecule has 0 radical (unpaired) electrons. The van der Waals surface area contributed by atoms with Crippen LogP contribution in [0.4, 0.5) is 5.69 Å². The second-order valence-electron chi connectivity index (χ2n) is 6.97. The fraction of sp³-hybridized carbons (Fsp3) is 0.273. The van der Waals surface area contributed by atoms with E-state index in [9.17, 15) is 9.59 Å². The molecule has 0 aliphatic heterocycles. The Kier molecular flexibility index (Phi) is 8.60. The molecule has 1 heterocycles. The van der Waals surface area contributed by atoms with Crippen molar-refractivity contribution >= 4 is 52.5 Å². The van der Waals surface area contributed by atoms with E-state index >= 15 is 0 Å². The van der Waals surface area contributed by atoms with Crippen LogP contribution in [-0.2, 0) is 11.3 Å². The lowest BCUT2D eigenvalue weighted by Crippen LogP contribution is -2.28. The SMILES string of the molecule is CCn1c(SCC(=O)Nc2ccc(Cl)cc2Cl)nnc1C(C)NC(=O)c1ccc(OC)cc1. The summed E-state index contributed by atoms with van der Waals surface area (Å²) in [5.41, 5.74) is 0.997. The van der Waals surface area contributed by atoms with Gasteiger partial charge in [-0.25, -0.2) is 0 Å². The quantitative estimate of drug-likeness (QED) is 0.402. The van der Waals surface area contributed by atoms with Crippen LogP contribution in [0.15, 0.2) is 47.6 Å². The second kappa shape index (κ2) is 11.4. The maximum Gasteiger partial charge on any atom is 0.251 e. The first-order valence-electron chi connectivity index (χ1n) is 10.1. The smallest absolute Gasteiger partial charge is 0.251 e. The molecule has 0 aliphatic carbocycles. The summed E-state index contributed by atoms with van der Waals surface area (Å²) in [5, 5.41) is 15.6. The number of methoxy groups -OCH3 is 1. The Morgan fingerprint density at radius 2 is 1.88 bits per heavy atom. The number of carbonyl (C=O) groups excluding carboxylic acids is 2. The molecule has 0 spiro atoms. The average Bonchev–Trinajstić information content (AvgIpc) is 3.22. The van der Waals surface area contributed by atoms with Crippen LogP contribution in [0, 0.1) is 0 Å². The molecule has 33 heavy (non-hydrogen) atoms. The number of hydrogen-bond donors (Lipinski definition) is 2. The molecular weight excluding hydrogens is 485 g/mol. The number of halogens is 2. The number of carbonyl (C=O) groups is 2. The van der Waals surface area contributed by atoms with Crippen LogP contribution < -0.4 is 15.4 Å². The molecule has 0 saturated carbocycles. The van der Waals surface area contributed by atoms with Crippen LogP contribution in [0.5, 0.6) is 5.75 Å². The Hall–Kier alpha value is -2.75. The zero-order valence-electron chi connectivity index (χ0n) is 18.3. The highest BCUT2D eigenvalue weighted by Gasteiger charge is 2.20. The molecule has 1 unspecified atom stereocenters. The van der Waals surface area contributed by atoms with E-state index in [0.717, 1.165) is 0 Å². The molecule has 8 nitrogen and oxygen atoms in total. The molecule has 0 bridgehead atoms. The summed E-state index contributed by atoms with van der Waals surface area (Å²) in [6.07, 6.45) is 0. The number of thioether (sulfide) groups is 1. The molecule has 174 valence electrons. The number of aromatic nitrogens is 3. The van der Waals surface area contributed by atoms with Crippen LogP contribution in [-0.4, -0.2) is 39.4 Å². The van der Waals surface area contributed by atoms with Gasteiger partial charge in [0.25, 0.3) is 5.91 Å². The summed E-state index contributed by atoms with van der Waals surface area (Å²) in [7, 11) is 1.57. The third-order valence-electron chi connectivity index (χ3n) is 4.69. The molecule has 1 aromatic heterocycles. The van der Waals surface area contributed by atoms with Gasteiger partial charge in [-0.15, -0.1) is 10.2 Å². The minimum atomic E-state index is -0.386. The number of ether oxygens (including phenoxy) is 1. The van der Waals surface area contributed by atoms with Gasteiger partial charge in [0, 0.05) is 17.1 Å². The number of amides is 2. The van der Waals surface area contributed by atoms with Crippen LogP contribution in [0.25, 0.3) is 0 Å². The summed E-state index contributed by atoms with van der Waals surface area (Å²) in [6, 6.07) is 11.3. The topological polar surface area (TPSA) is 98.1 Å². The summed E-state index contributed by atoms with van der Waals surface area (Å²) in [6.45, 7) is 4.36. The van der Waals surface area contributed by atoms with Crippen molar-refractivity contribution in [1.29, 1.82) is 0 Å². The first kappa shape index (κ1) is 24.9. The first-order chi connectivity index (χ1) is 15.8. The van der Waals surface area contributed by atoms with E-state index in [0.29, 0.717) is 44.6 Å². The molecule has 0 aliphatic rings. The lowest BCUT2D eigenvalue weighted by Gasteiger charge is -2.15. The van der Waals surface area contributed by atoms with Crippen molar-refractivity contribution in [3.8, 4) is 5.75 Å². The average molecular weight is 508 g/mol. The van der Waals surface area contributed by atoms with Crippen molar-refractivity contribution in [2.45, 2.75) is 31.6 Å². The van der Waals surface area contributed by atoms with E-state index in [2.05, 4.69) is 20.8 Å². The van der Waals surface area contributed by atoms with Crippen molar-refractivity contribution in [2.24, 2.45) is 0 Å². The van der Waals surface area contributed by atoms with Gasteiger partial charge in [-0.05, 0) is 56.3 Å². The zero-order valence-corrected chi connectivity index (χ0v) is 20.6. The number of hydrogen-bond acceptors (Lipinski definition) is 6. The molecule has 2 amide bonds. The Morgan fingerprint density at radius 1 is 1.15 bits per heavy atom. The monoisotopic (exact) mass is 507 g/mol. The molecule has 1 atom stereocenters. The minimum Gasteiger partial charge on any atom is -0.497 e. The van der Waals surface area contributed by atoms with Gasteiger partial charge in [0.15, 0.2) is 11.0 Å². The highest BCUT2D eigenvalue weighted by molar-refractivity contribution is 7.99. The fourth-order valence-corrected chi connectivity index (χ4v) is 4.28. The van der Waals surface area contributed by atoms with Crippen molar-refractivity contribution in [3.05, 3.63) is 63.9 Å². The van der Waals surface area contributed by atoms with Crippen molar-refractivity contribution in [1.82, 2.24) is 20.1 Å². The second-order valence-corrected chi connectivity index (χ2v) is 8.76. The lowest BCUT2D eigenvalue weighted by atomic mass is 10.2. The van der Waals surface area contributed by atoms with Gasteiger partial charge in [0.2, 0.25) is 5.91 Å². The zero-order chi connectivity index (χ0) is 24.0. The summed E-state index contributed by atoms with van der Waals surface area (Å²) in [4.78, 5) is 24.9. The van der Waals surface area contributed by atoms with E-state index in [4.69, 9.17) is 27.9 Å². The van der Waals surface area contributed by atoms with E-state index in [1.807, 2.05) is 18.4 Å². The van der Waals surface area contributed by atoms with Gasteiger partial charge in [-0.1, -0.05) is 35.0 Å². The normalized spacial score (nSPS) is 11.7. The van der Waals surface area contributed by atoms with Crippen LogP contribution in [0.1, 0.15) is 36.1 Å². The van der Waals surface area contributed by atoms with Crippen molar-refractivity contribution in [2.75, 3.05) is 18.2 Å². The third kappa shape index (κ3) is 6.40. The van der Waals surface area contributed by atoms with E-state index in [1.54, 1.807) is 49.6 Å². The number of anilines is 1. The molecule has 2 aromatic carbocycles. The van der Waals surface area contributed by atoms with Gasteiger partial charge in [0.05, 0.1) is 29.6 Å². The summed E-state index contributed by atoms with van der Waals surface area (Å²) in [5.74, 6) is 0.919. The Morgan fingerprint density at radius 3 is 2.52 bits per heavy atom. The van der Waals surface area contributed by atoms with Crippen molar-refractivity contribution < 1.29 is 14.3 Å². The number of rotatable bonds is 9. The first-order valence-corrected chi connectivity index (χ1v) is 11.8. The maximum absolute atomic E-state index is 12.6. The lowest BCUT2D eigenvalue weighted by molar-refractivity contribution is -0.113. The largest absolute Gasteiger partial charge is 0.497 e. The van der Waals surface area contributed by atoms with Gasteiger partial charge in [-0.3, -0.25) is 9.59 Å². The maximum atomic E-state index is 12.6. The number of nitrogens with one attached hydrogen (secondary N) is 2. The Labute approximate surface area is 206 Å².